The maximum atomic E-state index is 4.44. The van der Waals surface area contributed by atoms with Crippen LogP contribution in [0.15, 0.2) is 46.8 Å². The number of rotatable bonds is 5. The molecule has 2 saturated heterocycles. The summed E-state index contributed by atoms with van der Waals surface area (Å²) in [4.78, 5) is 9.44. The van der Waals surface area contributed by atoms with Crippen LogP contribution >= 0.6 is 35.3 Å². The molecule has 0 unspecified atom stereocenters. The van der Waals surface area contributed by atoms with Gasteiger partial charge in [0.1, 0.15) is 0 Å². The fraction of sp³-hybridized carbons (Fsp3) is 0.542. The van der Waals surface area contributed by atoms with Gasteiger partial charge in [0, 0.05) is 51.5 Å². The van der Waals surface area contributed by atoms with Gasteiger partial charge in [-0.25, -0.2) is 0 Å². The van der Waals surface area contributed by atoms with E-state index in [0.717, 1.165) is 44.4 Å². The largest absolute Gasteiger partial charge is 0.372 e. The first-order valence-corrected chi connectivity index (χ1v) is 12.2. The van der Waals surface area contributed by atoms with E-state index in [9.17, 15) is 0 Å². The molecule has 170 valence electrons. The quantitative estimate of drug-likeness (QED) is 0.313. The zero-order valence-electron chi connectivity index (χ0n) is 18.7. The molecule has 0 saturated carbocycles. The van der Waals surface area contributed by atoms with Gasteiger partial charge in [-0.15, -0.1) is 35.3 Å². The third-order valence-corrected chi connectivity index (χ3v) is 7.35. The Morgan fingerprint density at radius 1 is 1.00 bits per heavy atom. The number of thiophene rings is 1. The molecule has 0 amide bonds. The Morgan fingerprint density at radius 2 is 1.68 bits per heavy atom. The van der Waals surface area contributed by atoms with E-state index in [1.165, 1.54) is 42.2 Å². The average molecular weight is 554 g/mol. The first-order valence-electron chi connectivity index (χ1n) is 11.3. The van der Waals surface area contributed by atoms with Gasteiger partial charge in [-0.2, -0.15) is 0 Å². The summed E-state index contributed by atoms with van der Waals surface area (Å²) in [6, 6.07) is 13.9. The molecule has 0 aliphatic carbocycles. The lowest BCUT2D eigenvalue weighted by Gasteiger charge is -2.33. The topological polar surface area (TPSA) is 42.9 Å². The van der Waals surface area contributed by atoms with Gasteiger partial charge in [0.05, 0.1) is 5.00 Å². The first-order chi connectivity index (χ1) is 14.7. The van der Waals surface area contributed by atoms with Crippen molar-refractivity contribution in [3.8, 4) is 0 Å². The van der Waals surface area contributed by atoms with E-state index >= 15 is 0 Å². The summed E-state index contributed by atoms with van der Waals surface area (Å²) in [6.45, 7) is 7.73. The van der Waals surface area contributed by atoms with Crippen LogP contribution < -0.4 is 20.4 Å². The molecular weight excluding hydrogens is 517 g/mol. The first kappa shape index (κ1) is 24.2. The van der Waals surface area contributed by atoms with Gasteiger partial charge < -0.3 is 20.4 Å². The number of hydrogen-bond donors (Lipinski definition) is 2. The van der Waals surface area contributed by atoms with E-state index in [1.807, 2.05) is 18.4 Å². The molecule has 5 nitrogen and oxygen atoms in total. The molecule has 7 heteroatoms. The lowest BCUT2D eigenvalue weighted by molar-refractivity contribution is 0.438. The SMILES string of the molecule is CN=C(NCc1ccc(N2CCC(C)CC2)cc1)NC1CCN(c2cccs2)CC1.I. The number of hydrogen-bond acceptors (Lipinski definition) is 4. The second-order valence-electron chi connectivity index (χ2n) is 8.62. The number of nitrogens with one attached hydrogen (secondary N) is 2. The molecule has 31 heavy (non-hydrogen) atoms. The molecule has 2 fully saturated rings. The van der Waals surface area contributed by atoms with Crippen LogP contribution in [0.5, 0.6) is 0 Å². The summed E-state index contributed by atoms with van der Waals surface area (Å²) in [7, 11) is 1.86. The van der Waals surface area contributed by atoms with Crippen LogP contribution in [-0.2, 0) is 6.54 Å². The summed E-state index contributed by atoms with van der Waals surface area (Å²) in [5, 5.41) is 10.7. The lowest BCUT2D eigenvalue weighted by atomic mass is 9.99. The zero-order chi connectivity index (χ0) is 20.8. The third-order valence-electron chi connectivity index (χ3n) is 6.42. The normalized spacial score (nSPS) is 18.6. The van der Waals surface area contributed by atoms with Crippen LogP contribution in [0.4, 0.5) is 10.7 Å². The average Bonchev–Trinajstić information content (AvgIpc) is 3.33. The highest BCUT2D eigenvalue weighted by Gasteiger charge is 2.20. The Hall–Kier alpha value is -1.48. The van der Waals surface area contributed by atoms with Crippen LogP contribution in [0.25, 0.3) is 0 Å². The van der Waals surface area contributed by atoms with Crippen molar-refractivity contribution in [3.05, 3.63) is 47.3 Å². The summed E-state index contributed by atoms with van der Waals surface area (Å²) in [5.74, 6) is 1.77. The number of halogens is 1. The van der Waals surface area contributed by atoms with E-state index in [2.05, 4.69) is 74.1 Å². The fourth-order valence-electron chi connectivity index (χ4n) is 4.36. The molecule has 0 atom stereocenters. The molecule has 0 radical (unpaired) electrons. The summed E-state index contributed by atoms with van der Waals surface area (Å²) < 4.78 is 0. The summed E-state index contributed by atoms with van der Waals surface area (Å²) >= 11 is 1.83. The number of guanidine groups is 1. The number of anilines is 2. The molecule has 4 rings (SSSR count). The van der Waals surface area contributed by atoms with Crippen molar-refractivity contribution >= 4 is 52.0 Å². The van der Waals surface area contributed by atoms with Gasteiger partial charge in [0.15, 0.2) is 5.96 Å². The van der Waals surface area contributed by atoms with Crippen molar-refractivity contribution in [2.24, 2.45) is 10.9 Å². The maximum absolute atomic E-state index is 4.44. The Bertz CT molecular complexity index is 792. The van der Waals surface area contributed by atoms with E-state index in [0.29, 0.717) is 6.04 Å². The van der Waals surface area contributed by atoms with Gasteiger partial charge in [0.2, 0.25) is 0 Å². The highest BCUT2D eigenvalue weighted by molar-refractivity contribution is 14.0. The molecule has 2 aliphatic rings. The summed E-state index contributed by atoms with van der Waals surface area (Å²) in [5.41, 5.74) is 2.64. The molecule has 3 heterocycles. The molecule has 2 aliphatic heterocycles. The number of nitrogens with zero attached hydrogens (tertiary/aromatic N) is 3. The van der Waals surface area contributed by atoms with E-state index in [4.69, 9.17) is 0 Å². The minimum Gasteiger partial charge on any atom is -0.372 e. The maximum Gasteiger partial charge on any atom is 0.191 e. The predicted molar refractivity (Wildman–Crippen MR) is 145 cm³/mol. The molecule has 1 aromatic carbocycles. The standard InChI is InChI=1S/C24H35N5S.HI/c1-19-9-13-28(14-10-19)22-7-5-20(6-8-22)18-26-24(25-2)27-21-11-15-29(16-12-21)23-4-3-17-30-23;/h3-8,17,19,21H,9-16,18H2,1-2H3,(H2,25,26,27);1H. The Kier molecular flexibility index (Phi) is 9.31. The molecule has 1 aromatic heterocycles. The molecule has 2 aromatic rings. The van der Waals surface area contributed by atoms with Crippen molar-refractivity contribution in [3.63, 3.8) is 0 Å². The third kappa shape index (κ3) is 6.75. The van der Waals surface area contributed by atoms with Crippen LogP contribution in [0.1, 0.15) is 38.2 Å². The Labute approximate surface area is 208 Å². The van der Waals surface area contributed by atoms with Crippen molar-refractivity contribution < 1.29 is 0 Å². The highest BCUT2D eigenvalue weighted by Crippen LogP contribution is 2.25. The van der Waals surface area contributed by atoms with E-state index in [-0.39, 0.29) is 24.0 Å². The number of piperidine rings is 2. The van der Waals surface area contributed by atoms with Gasteiger partial charge in [-0.3, -0.25) is 4.99 Å². The second-order valence-corrected chi connectivity index (χ2v) is 9.54. The zero-order valence-corrected chi connectivity index (χ0v) is 21.9. The Balaban J connectivity index is 0.00000272. The highest BCUT2D eigenvalue weighted by atomic mass is 127. The Morgan fingerprint density at radius 3 is 2.29 bits per heavy atom. The van der Waals surface area contributed by atoms with Crippen molar-refractivity contribution in [1.29, 1.82) is 0 Å². The molecule has 0 spiro atoms. The minimum atomic E-state index is 0. The van der Waals surface area contributed by atoms with Crippen LogP contribution in [0.3, 0.4) is 0 Å². The second kappa shape index (κ2) is 11.9. The number of benzene rings is 1. The van der Waals surface area contributed by atoms with Crippen molar-refractivity contribution in [2.45, 2.75) is 45.2 Å². The van der Waals surface area contributed by atoms with Gasteiger partial charge in [-0.1, -0.05) is 19.1 Å². The molecule has 2 N–H and O–H groups in total. The van der Waals surface area contributed by atoms with Crippen LogP contribution in [0.2, 0.25) is 0 Å². The van der Waals surface area contributed by atoms with Crippen LogP contribution in [0, 0.1) is 5.92 Å². The van der Waals surface area contributed by atoms with Crippen molar-refractivity contribution in [1.82, 2.24) is 10.6 Å². The van der Waals surface area contributed by atoms with Gasteiger partial charge in [0.25, 0.3) is 0 Å². The lowest BCUT2D eigenvalue weighted by Crippen LogP contribution is -2.48. The fourth-order valence-corrected chi connectivity index (χ4v) is 5.14. The number of aliphatic imine (C=N–C) groups is 1. The molecule has 0 bridgehead atoms. The smallest absolute Gasteiger partial charge is 0.191 e. The summed E-state index contributed by atoms with van der Waals surface area (Å²) in [6.07, 6.45) is 4.89. The van der Waals surface area contributed by atoms with Gasteiger partial charge in [-0.05, 0) is 66.8 Å². The van der Waals surface area contributed by atoms with E-state index < -0.39 is 0 Å². The minimum absolute atomic E-state index is 0. The van der Waals surface area contributed by atoms with Crippen molar-refractivity contribution in [2.75, 3.05) is 43.0 Å². The predicted octanol–water partition coefficient (Wildman–Crippen LogP) is 4.94. The molecular formula is C24H36IN5S. The van der Waals surface area contributed by atoms with Crippen LogP contribution in [-0.4, -0.2) is 45.2 Å². The van der Waals surface area contributed by atoms with Gasteiger partial charge >= 0.3 is 0 Å². The van der Waals surface area contributed by atoms with E-state index in [1.54, 1.807) is 0 Å². The monoisotopic (exact) mass is 553 g/mol.